The van der Waals surface area contributed by atoms with Crippen LogP contribution in [-0.2, 0) is 20.8 Å². The molecule has 0 spiro atoms. The molecule has 2 aromatic carbocycles. The van der Waals surface area contributed by atoms with Gasteiger partial charge in [0.25, 0.3) is 0 Å². The molecule has 1 aliphatic heterocycles. The molecule has 0 bridgehead atoms. The first kappa shape index (κ1) is 27.0. The Labute approximate surface area is 219 Å². The Morgan fingerprint density at radius 1 is 1.11 bits per heavy atom. The third kappa shape index (κ3) is 6.08. The zero-order valence-corrected chi connectivity index (χ0v) is 21.2. The van der Waals surface area contributed by atoms with Gasteiger partial charge >= 0.3 is 0 Å². The highest BCUT2D eigenvalue weighted by Crippen LogP contribution is 2.26. The summed E-state index contributed by atoms with van der Waals surface area (Å²) in [5, 5.41) is 3.64. The molecule has 200 valence electrons. The van der Waals surface area contributed by atoms with Crippen LogP contribution in [0.2, 0.25) is 0 Å². The van der Waals surface area contributed by atoms with Gasteiger partial charge in [-0.15, -0.1) is 0 Å². The number of hydrogen-bond donors (Lipinski definition) is 3. The quantitative estimate of drug-likeness (QED) is 0.394. The van der Waals surface area contributed by atoms with Crippen molar-refractivity contribution in [1.29, 1.82) is 0 Å². The van der Waals surface area contributed by atoms with Crippen molar-refractivity contribution in [3.8, 4) is 0 Å². The lowest BCUT2D eigenvalue weighted by molar-refractivity contribution is -0.144. The average molecular weight is 524 g/mol. The van der Waals surface area contributed by atoms with Gasteiger partial charge in [0.15, 0.2) is 0 Å². The van der Waals surface area contributed by atoms with Gasteiger partial charge in [0, 0.05) is 49.9 Å². The SMILES string of the molecule is CN(CCc1c[nH]c2ccc(F)cc12)C(=O)C1(NC(=O)/C=C/c2ccc(F)cc2)CCN(C(=O)CN)CC1. The molecule has 8 nitrogen and oxygen atoms in total. The largest absolute Gasteiger partial charge is 0.361 e. The number of halogens is 2. The fourth-order valence-electron chi connectivity index (χ4n) is 4.80. The van der Waals surface area contributed by atoms with E-state index in [4.69, 9.17) is 5.73 Å². The van der Waals surface area contributed by atoms with E-state index in [0.29, 0.717) is 18.5 Å². The van der Waals surface area contributed by atoms with E-state index in [0.717, 1.165) is 16.5 Å². The van der Waals surface area contributed by atoms with Crippen molar-refractivity contribution in [2.75, 3.05) is 33.2 Å². The maximum atomic E-state index is 13.8. The maximum Gasteiger partial charge on any atom is 0.248 e. The first-order chi connectivity index (χ1) is 18.2. The van der Waals surface area contributed by atoms with Crippen molar-refractivity contribution in [1.82, 2.24) is 20.1 Å². The predicted octanol–water partition coefficient (Wildman–Crippen LogP) is 2.60. The number of carbonyl (C=O) groups is 3. The van der Waals surface area contributed by atoms with E-state index in [1.54, 1.807) is 47.3 Å². The molecule has 0 atom stereocenters. The molecule has 1 fully saturated rings. The average Bonchev–Trinajstić information content (AvgIpc) is 3.32. The Bertz CT molecular complexity index is 1340. The number of likely N-dealkylation sites (N-methyl/N-ethyl adjacent to an activating group) is 1. The van der Waals surface area contributed by atoms with Crippen LogP contribution in [0.1, 0.15) is 24.0 Å². The van der Waals surface area contributed by atoms with Crippen LogP contribution < -0.4 is 11.1 Å². The summed E-state index contributed by atoms with van der Waals surface area (Å²) < 4.78 is 26.9. The molecule has 1 saturated heterocycles. The molecule has 0 unspecified atom stereocenters. The molecular formula is C28H31F2N5O3. The predicted molar refractivity (Wildman–Crippen MR) is 141 cm³/mol. The minimum atomic E-state index is -1.21. The number of aromatic amines is 1. The van der Waals surface area contributed by atoms with Crippen molar-refractivity contribution in [3.05, 3.63) is 77.5 Å². The fraction of sp³-hybridized carbons (Fsp3) is 0.321. The minimum absolute atomic E-state index is 0.126. The van der Waals surface area contributed by atoms with E-state index in [9.17, 15) is 23.2 Å². The zero-order chi connectivity index (χ0) is 27.3. The summed E-state index contributed by atoms with van der Waals surface area (Å²) in [5.41, 5.74) is 6.62. The Balaban J connectivity index is 1.48. The highest BCUT2D eigenvalue weighted by atomic mass is 19.1. The van der Waals surface area contributed by atoms with E-state index in [2.05, 4.69) is 10.3 Å². The summed E-state index contributed by atoms with van der Waals surface area (Å²) in [6.07, 6.45) is 5.60. The Morgan fingerprint density at radius 2 is 1.79 bits per heavy atom. The van der Waals surface area contributed by atoms with Gasteiger partial charge in [-0.2, -0.15) is 0 Å². The van der Waals surface area contributed by atoms with Gasteiger partial charge in [-0.1, -0.05) is 12.1 Å². The second-order valence-corrected chi connectivity index (χ2v) is 9.52. The number of nitrogens with two attached hydrogens (primary N) is 1. The standard InChI is InChI=1S/C28H31F2N5O3/c1-34(13-10-20-18-32-24-8-7-22(30)16-23(20)24)27(38)28(11-14-35(15-12-28)26(37)17-31)33-25(36)9-4-19-2-5-21(29)6-3-19/h2-9,16,18,32H,10-15,17,31H2,1H3,(H,33,36)/b9-4+. The number of hydrogen-bond acceptors (Lipinski definition) is 4. The number of amides is 3. The molecule has 0 saturated carbocycles. The smallest absolute Gasteiger partial charge is 0.248 e. The highest BCUT2D eigenvalue weighted by molar-refractivity contribution is 5.97. The van der Waals surface area contributed by atoms with Crippen LogP contribution in [0.15, 0.2) is 54.7 Å². The molecule has 3 amide bonds. The van der Waals surface area contributed by atoms with E-state index in [-0.39, 0.29) is 55.9 Å². The summed E-state index contributed by atoms with van der Waals surface area (Å²) in [6, 6.07) is 10.2. The number of fused-ring (bicyclic) bond motifs is 1. The van der Waals surface area contributed by atoms with Gasteiger partial charge in [0.1, 0.15) is 17.2 Å². The molecule has 38 heavy (non-hydrogen) atoms. The van der Waals surface area contributed by atoms with E-state index < -0.39 is 11.4 Å². The lowest BCUT2D eigenvalue weighted by Crippen LogP contribution is -2.64. The summed E-state index contributed by atoms with van der Waals surface area (Å²) in [7, 11) is 1.66. The molecule has 0 aliphatic carbocycles. The van der Waals surface area contributed by atoms with Crippen LogP contribution in [-0.4, -0.2) is 71.3 Å². The number of likely N-dealkylation sites (tertiary alicyclic amines) is 1. The molecule has 1 aliphatic rings. The molecular weight excluding hydrogens is 492 g/mol. The number of nitrogens with one attached hydrogen (secondary N) is 2. The lowest BCUT2D eigenvalue weighted by Gasteiger charge is -2.42. The van der Waals surface area contributed by atoms with Crippen molar-refractivity contribution >= 4 is 34.7 Å². The van der Waals surface area contributed by atoms with Crippen molar-refractivity contribution in [2.45, 2.75) is 24.8 Å². The van der Waals surface area contributed by atoms with Crippen LogP contribution in [0, 0.1) is 11.6 Å². The third-order valence-electron chi connectivity index (χ3n) is 7.01. The van der Waals surface area contributed by atoms with E-state index in [1.807, 2.05) is 0 Å². The zero-order valence-electron chi connectivity index (χ0n) is 21.2. The van der Waals surface area contributed by atoms with Crippen LogP contribution in [0.3, 0.4) is 0 Å². The number of rotatable bonds is 8. The van der Waals surface area contributed by atoms with Crippen LogP contribution in [0.25, 0.3) is 17.0 Å². The molecule has 4 N–H and O–H groups in total. The Hall–Kier alpha value is -4.05. The van der Waals surface area contributed by atoms with Crippen LogP contribution in [0.5, 0.6) is 0 Å². The number of aromatic nitrogens is 1. The second-order valence-electron chi connectivity index (χ2n) is 9.52. The fourth-order valence-corrected chi connectivity index (χ4v) is 4.80. The summed E-state index contributed by atoms with van der Waals surface area (Å²) in [5.74, 6) is -1.67. The molecule has 0 radical (unpaired) electrons. The van der Waals surface area contributed by atoms with Crippen LogP contribution >= 0.6 is 0 Å². The second kappa shape index (κ2) is 11.6. The summed E-state index contributed by atoms with van der Waals surface area (Å²) in [6.45, 7) is 0.772. The van der Waals surface area contributed by atoms with E-state index in [1.165, 1.54) is 30.3 Å². The molecule has 4 rings (SSSR count). The number of H-pyrrole nitrogens is 1. The number of carbonyl (C=O) groups excluding carboxylic acids is 3. The first-order valence-corrected chi connectivity index (χ1v) is 12.5. The lowest BCUT2D eigenvalue weighted by atomic mass is 9.85. The maximum absolute atomic E-state index is 13.8. The molecule has 1 aromatic heterocycles. The number of benzene rings is 2. The summed E-state index contributed by atoms with van der Waals surface area (Å²) >= 11 is 0. The number of nitrogens with zero attached hydrogens (tertiary/aromatic N) is 2. The van der Waals surface area contributed by atoms with Gasteiger partial charge in [-0.05, 0) is 66.8 Å². The Morgan fingerprint density at radius 3 is 2.47 bits per heavy atom. The van der Waals surface area contributed by atoms with Gasteiger partial charge in [0.05, 0.1) is 6.54 Å². The van der Waals surface area contributed by atoms with Crippen LogP contribution in [0.4, 0.5) is 8.78 Å². The topological polar surface area (TPSA) is 112 Å². The highest BCUT2D eigenvalue weighted by Gasteiger charge is 2.44. The Kier molecular flexibility index (Phi) is 8.21. The number of piperidine rings is 1. The monoisotopic (exact) mass is 523 g/mol. The van der Waals surface area contributed by atoms with Crippen molar-refractivity contribution < 1.29 is 23.2 Å². The van der Waals surface area contributed by atoms with Gasteiger partial charge in [-0.25, -0.2) is 8.78 Å². The normalized spacial score (nSPS) is 15.1. The minimum Gasteiger partial charge on any atom is -0.361 e. The summed E-state index contributed by atoms with van der Waals surface area (Å²) in [4.78, 5) is 45.0. The molecule has 2 heterocycles. The van der Waals surface area contributed by atoms with Crippen molar-refractivity contribution in [2.24, 2.45) is 5.73 Å². The first-order valence-electron chi connectivity index (χ1n) is 12.5. The van der Waals surface area contributed by atoms with Gasteiger partial charge in [0.2, 0.25) is 17.7 Å². The van der Waals surface area contributed by atoms with Gasteiger partial charge < -0.3 is 25.8 Å². The van der Waals surface area contributed by atoms with E-state index >= 15 is 0 Å². The van der Waals surface area contributed by atoms with Gasteiger partial charge in [-0.3, -0.25) is 14.4 Å². The molecule has 10 heteroatoms. The third-order valence-corrected chi connectivity index (χ3v) is 7.01. The van der Waals surface area contributed by atoms with Crippen molar-refractivity contribution in [3.63, 3.8) is 0 Å². The molecule has 3 aromatic rings.